The number of aromatic amines is 1. The van der Waals surface area contributed by atoms with Gasteiger partial charge in [0.1, 0.15) is 12.7 Å². The molecule has 0 spiro atoms. The number of carbonyl (C=O) groups excluding carboxylic acids is 1. The molecule has 0 saturated carbocycles. The number of allylic oxidation sites excluding steroid dienone is 1. The first kappa shape index (κ1) is 40.2. The molecule has 1 aromatic heterocycles. The average molecular weight is 673 g/mol. The lowest BCUT2D eigenvalue weighted by atomic mass is 9.93. The minimum absolute atomic E-state index is 0.0660. The van der Waals surface area contributed by atoms with Crippen molar-refractivity contribution >= 4 is 22.4 Å². The molecule has 2 N–H and O–H groups in total. The lowest BCUT2D eigenvalue weighted by Gasteiger charge is -2.30. The molecule has 2 aromatic carbocycles. The number of H-pyrrole nitrogens is 1. The summed E-state index contributed by atoms with van der Waals surface area (Å²) in [7, 11) is 0. The van der Waals surface area contributed by atoms with Gasteiger partial charge in [-0.05, 0) is 83.1 Å². The maximum absolute atomic E-state index is 12.3. The topological polar surface area (TPSA) is 80.4 Å². The molecule has 0 radical (unpaired) electrons. The van der Waals surface area contributed by atoms with Gasteiger partial charge in [-0.15, -0.1) is 0 Å². The maximum Gasteiger partial charge on any atom is 0.192 e. The minimum atomic E-state index is -0.110. The molecule has 1 unspecified atom stereocenters. The molecule has 1 fully saturated rings. The molecule has 49 heavy (non-hydrogen) atoms. The number of pyridine rings is 1. The molecule has 5 rings (SSSR count). The van der Waals surface area contributed by atoms with Crippen molar-refractivity contribution in [2.24, 2.45) is 0 Å². The van der Waals surface area contributed by atoms with Crippen molar-refractivity contribution in [2.45, 2.75) is 143 Å². The van der Waals surface area contributed by atoms with E-state index in [-0.39, 0.29) is 23.9 Å². The van der Waals surface area contributed by atoms with E-state index in [1.165, 1.54) is 101 Å². The van der Waals surface area contributed by atoms with Crippen LogP contribution in [0, 0.1) is 6.92 Å². The molecule has 2 aliphatic heterocycles. The minimum Gasteiger partial charge on any atom is -0.381 e. The van der Waals surface area contributed by atoms with Gasteiger partial charge >= 0.3 is 0 Å². The van der Waals surface area contributed by atoms with Crippen molar-refractivity contribution in [3.05, 3.63) is 86.8 Å². The summed E-state index contributed by atoms with van der Waals surface area (Å²) in [6.45, 7) is 12.3. The van der Waals surface area contributed by atoms with Crippen LogP contribution in [-0.4, -0.2) is 30.6 Å². The number of hydrogen-bond acceptors (Lipinski definition) is 5. The first-order chi connectivity index (χ1) is 23.9. The summed E-state index contributed by atoms with van der Waals surface area (Å²) < 4.78 is 10.9. The van der Waals surface area contributed by atoms with E-state index in [1.54, 1.807) is 6.92 Å². The third-order valence-corrected chi connectivity index (χ3v) is 9.49. The van der Waals surface area contributed by atoms with E-state index in [1.807, 2.05) is 43.3 Å². The van der Waals surface area contributed by atoms with Crippen LogP contribution in [0.25, 0.3) is 10.9 Å². The van der Waals surface area contributed by atoms with Crippen LogP contribution in [0.2, 0.25) is 0 Å². The predicted octanol–water partition coefficient (Wildman–Crippen LogP) is 11.3. The van der Waals surface area contributed by atoms with E-state index in [0.717, 1.165) is 59.5 Å². The number of hydrogen-bond donors (Lipinski definition) is 2. The number of nitrogens with one attached hydrogen (secondary N) is 2. The molecule has 0 amide bonds. The van der Waals surface area contributed by atoms with Crippen molar-refractivity contribution in [3.8, 4) is 0 Å². The van der Waals surface area contributed by atoms with Gasteiger partial charge in [0.05, 0.1) is 0 Å². The molecule has 2 aliphatic rings. The van der Waals surface area contributed by atoms with Gasteiger partial charge in [-0.2, -0.15) is 0 Å². The summed E-state index contributed by atoms with van der Waals surface area (Å²) >= 11 is 0. The van der Waals surface area contributed by atoms with Crippen molar-refractivity contribution in [2.75, 3.05) is 25.1 Å². The Balaban J connectivity index is 0.000000234. The fraction of sp³-hybridized carbons (Fsp3) is 0.581. The largest absolute Gasteiger partial charge is 0.381 e. The van der Waals surface area contributed by atoms with Crippen molar-refractivity contribution in [1.82, 2.24) is 4.98 Å². The van der Waals surface area contributed by atoms with Crippen LogP contribution in [0.15, 0.2) is 64.6 Å². The zero-order valence-corrected chi connectivity index (χ0v) is 31.3. The van der Waals surface area contributed by atoms with Crippen LogP contribution in [0.4, 0.5) is 5.69 Å². The zero-order chi connectivity index (χ0) is 35.3. The molecule has 6 heteroatoms. The number of aryl methyl sites for hydroxylation is 1. The summed E-state index contributed by atoms with van der Waals surface area (Å²) in [5, 5.41) is 4.38. The number of ketones is 1. The van der Waals surface area contributed by atoms with Gasteiger partial charge in [-0.3, -0.25) is 9.59 Å². The molecule has 270 valence electrons. The van der Waals surface area contributed by atoms with Crippen molar-refractivity contribution in [3.63, 3.8) is 0 Å². The Morgan fingerprint density at radius 2 is 1.39 bits per heavy atom. The second-order valence-corrected chi connectivity index (χ2v) is 13.7. The molecule has 3 heterocycles. The lowest BCUT2D eigenvalue weighted by Crippen LogP contribution is -2.20. The summed E-state index contributed by atoms with van der Waals surface area (Å²) in [5.41, 5.74) is 7.85. The molecule has 3 aromatic rings. The lowest BCUT2D eigenvalue weighted by molar-refractivity contribution is -0.122. The van der Waals surface area contributed by atoms with Gasteiger partial charge in [0.15, 0.2) is 11.2 Å². The Morgan fingerprint density at radius 3 is 2.02 bits per heavy atom. The number of ether oxygens (including phenoxy) is 2. The van der Waals surface area contributed by atoms with E-state index >= 15 is 0 Å². The van der Waals surface area contributed by atoms with Crippen LogP contribution >= 0.6 is 0 Å². The van der Waals surface area contributed by atoms with E-state index < -0.39 is 0 Å². The second-order valence-electron chi connectivity index (χ2n) is 13.7. The fourth-order valence-corrected chi connectivity index (χ4v) is 6.48. The SMILES string of the molecule is C1CCOC1.CCCCCCCCC1=C(C)C(OCC(C)=O)c2ccccc2N1.CCCCCCCCc1[nH]c2ccccc2c(=O)c1C. The molecule has 0 bridgehead atoms. The Hall–Kier alpha value is -3.22. The molecular weight excluding hydrogens is 608 g/mol. The standard InChI is InChI=1S/C21H31NO2.C18H25NO.C4H8O/c1-4-5-6-7-8-9-13-19-17(3)21(24-15-16(2)23)18-12-10-11-14-20(18)22-19;1-3-4-5-6-7-8-12-16-14(2)18(20)15-11-9-10-13-17(15)19-16;1-2-4-5-3-1/h10-12,14,21-22H,4-9,13,15H2,1-3H3;9-11,13H,3-8,12H2,1-2H3,(H,19,20);1-4H2. The van der Waals surface area contributed by atoms with Gasteiger partial charge < -0.3 is 19.8 Å². The number of fused-ring (bicyclic) bond motifs is 2. The number of anilines is 1. The van der Waals surface area contributed by atoms with Crippen LogP contribution in [-0.2, 0) is 20.7 Å². The van der Waals surface area contributed by atoms with Crippen LogP contribution < -0.4 is 10.7 Å². The maximum atomic E-state index is 12.3. The predicted molar refractivity (Wildman–Crippen MR) is 207 cm³/mol. The van der Waals surface area contributed by atoms with E-state index in [0.29, 0.717) is 0 Å². The third-order valence-electron chi connectivity index (χ3n) is 9.49. The average Bonchev–Trinajstić information content (AvgIpc) is 3.71. The normalized spacial score (nSPS) is 15.2. The summed E-state index contributed by atoms with van der Waals surface area (Å²) in [6.07, 6.45) is 19.9. The van der Waals surface area contributed by atoms with Crippen molar-refractivity contribution < 1.29 is 14.3 Å². The first-order valence-electron chi connectivity index (χ1n) is 19.2. The van der Waals surface area contributed by atoms with E-state index in [9.17, 15) is 9.59 Å². The Labute approximate surface area is 296 Å². The Bertz CT molecular complexity index is 1480. The van der Waals surface area contributed by atoms with Gasteiger partial charge in [0, 0.05) is 52.3 Å². The monoisotopic (exact) mass is 672 g/mol. The molecule has 1 saturated heterocycles. The highest BCUT2D eigenvalue weighted by Crippen LogP contribution is 2.39. The first-order valence-corrected chi connectivity index (χ1v) is 19.2. The summed E-state index contributed by atoms with van der Waals surface area (Å²) in [6, 6.07) is 16.0. The summed E-state index contributed by atoms with van der Waals surface area (Å²) in [5.74, 6) is 0.0660. The molecule has 6 nitrogen and oxygen atoms in total. The number of Topliss-reactive ketones (excluding diaryl/α,β-unsaturated/α-hetero) is 1. The van der Waals surface area contributed by atoms with Gasteiger partial charge in [-0.1, -0.05) is 108 Å². The molecule has 0 aliphatic carbocycles. The fourth-order valence-electron chi connectivity index (χ4n) is 6.48. The smallest absolute Gasteiger partial charge is 0.192 e. The summed E-state index contributed by atoms with van der Waals surface area (Å²) in [4.78, 5) is 27.1. The van der Waals surface area contributed by atoms with Crippen molar-refractivity contribution in [1.29, 1.82) is 0 Å². The zero-order valence-electron chi connectivity index (χ0n) is 31.3. The van der Waals surface area contributed by atoms with E-state index in [2.05, 4.69) is 43.2 Å². The molecular formula is C43H64N2O4. The highest BCUT2D eigenvalue weighted by molar-refractivity contribution is 5.79. The highest BCUT2D eigenvalue weighted by atomic mass is 16.5. The number of unbranched alkanes of at least 4 members (excludes halogenated alkanes) is 10. The third kappa shape index (κ3) is 13.9. The van der Waals surface area contributed by atoms with Gasteiger partial charge in [-0.25, -0.2) is 0 Å². The second kappa shape index (κ2) is 23.2. The number of rotatable bonds is 17. The van der Waals surface area contributed by atoms with Crippen LogP contribution in [0.3, 0.4) is 0 Å². The highest BCUT2D eigenvalue weighted by Gasteiger charge is 2.25. The van der Waals surface area contributed by atoms with Crippen LogP contribution in [0.1, 0.15) is 147 Å². The Morgan fingerprint density at radius 1 is 0.796 bits per heavy atom. The quantitative estimate of drug-likeness (QED) is 0.140. The number of benzene rings is 2. The van der Waals surface area contributed by atoms with Gasteiger partial charge in [0.25, 0.3) is 0 Å². The number of para-hydroxylation sites is 2. The molecule has 1 atom stereocenters. The number of aromatic nitrogens is 1. The van der Waals surface area contributed by atoms with Crippen LogP contribution in [0.5, 0.6) is 0 Å². The van der Waals surface area contributed by atoms with E-state index in [4.69, 9.17) is 9.47 Å². The van der Waals surface area contributed by atoms with Gasteiger partial charge in [0.2, 0.25) is 0 Å². The number of carbonyl (C=O) groups is 1. The Kier molecular flexibility index (Phi) is 19.1.